The molecule has 8 saturated carbocycles. The topological polar surface area (TPSA) is 201 Å². The van der Waals surface area contributed by atoms with Crippen molar-refractivity contribution in [3.05, 3.63) is 47.1 Å². The number of aliphatic hydroxyl groups is 4. The van der Waals surface area contributed by atoms with Crippen LogP contribution in [0.15, 0.2) is 35.7 Å². The first-order valence-electron chi connectivity index (χ1n) is 34.7. The number of nitrogens with zero attached hydrogens (tertiary/aromatic N) is 6. The van der Waals surface area contributed by atoms with E-state index >= 15 is 0 Å². The molecule has 0 aliphatic heterocycles. The fraction of sp³-hybridized carbons (Fsp3) is 0.861. The molecule has 6 N–H and O–H groups in total. The number of aliphatic hydroxyl groups excluding tert-OH is 4. The summed E-state index contributed by atoms with van der Waals surface area (Å²) in [6.07, 6.45) is 27.0. The molecule has 0 bridgehead atoms. The van der Waals surface area contributed by atoms with E-state index in [0.29, 0.717) is 49.4 Å². The SMILES string of the molecule is CC1(C)CC[C@@]2(C(=O)NCc3cn(CCCCCCn4cc(CNC(=O)[C@]56CCC(C)(C)CC5C5=CCC7[C@@]8(C)CC[C@H](O)C(C)(C)C8CC[C@@]7(C)[C@]5(C)C[C@H]6O)nn4)nn3)C(C1)C1=CCC3[C@@]4(C)CC[C@H](O)C(C)(C)C4CC[C@@]3(C)[C@]1(C)C[C@H]2O. The lowest BCUT2D eigenvalue weighted by Gasteiger charge is -2.71. The van der Waals surface area contributed by atoms with Crippen molar-refractivity contribution in [2.75, 3.05) is 0 Å². The van der Waals surface area contributed by atoms with Crippen molar-refractivity contribution in [2.45, 2.75) is 289 Å². The molecule has 0 spiro atoms. The first-order valence-corrected chi connectivity index (χ1v) is 34.7. The van der Waals surface area contributed by atoms with E-state index in [2.05, 4.69) is 140 Å². The molecular formula is C72H114N8O6. The summed E-state index contributed by atoms with van der Waals surface area (Å²) in [5.74, 6) is 1.65. The third-order valence-corrected chi connectivity index (χ3v) is 29.7. The van der Waals surface area contributed by atoms with Crippen LogP contribution in [0.1, 0.15) is 250 Å². The Morgan fingerprint density at radius 2 is 0.860 bits per heavy atom. The summed E-state index contributed by atoms with van der Waals surface area (Å²) in [4.78, 5) is 29.9. The highest BCUT2D eigenvalue weighted by molar-refractivity contribution is 5.85. The van der Waals surface area contributed by atoms with Gasteiger partial charge in [0.1, 0.15) is 11.4 Å². The molecule has 0 aromatic carbocycles. The van der Waals surface area contributed by atoms with Crippen LogP contribution in [0.2, 0.25) is 0 Å². The Morgan fingerprint density at radius 1 is 0.477 bits per heavy atom. The highest BCUT2D eigenvalue weighted by atomic mass is 16.3. The lowest BCUT2D eigenvalue weighted by molar-refractivity contribution is -0.215. The van der Waals surface area contributed by atoms with Crippen LogP contribution < -0.4 is 10.6 Å². The second-order valence-electron chi connectivity index (χ2n) is 35.4. The number of fused-ring (bicyclic) bond motifs is 14. The number of amides is 2. The number of nitrogens with one attached hydrogen (secondary N) is 2. The molecule has 86 heavy (non-hydrogen) atoms. The molecule has 14 heteroatoms. The van der Waals surface area contributed by atoms with Gasteiger partial charge in [0.15, 0.2) is 0 Å². The maximum absolute atomic E-state index is 14.9. The average Bonchev–Trinajstić information content (AvgIpc) is 0.793. The van der Waals surface area contributed by atoms with Crippen LogP contribution >= 0.6 is 0 Å². The first-order chi connectivity index (χ1) is 40.2. The number of carbonyl (C=O) groups is 2. The molecule has 6 unspecified atom stereocenters. The Kier molecular flexibility index (Phi) is 15.3. The standard InChI is InChI=1S/C72H114N8O6/c1-61(2)31-33-71(49(37-61)47-19-21-53-65(9)27-25-55(81)63(5,6)51(65)23-29-67(53,11)69(47,13)39-57(71)83)59(85)73-41-45-43-79(77-75-45)35-17-15-16-18-36-80-44-46(76-78-80)42-74-60(86)72-34-32-62(3,4)38-50(72)48-20-22-54-66(10)28-26-56(82)64(7,8)52(66)24-30-68(54,12)70(48,14)40-58(72)84/h19-20,43-44,49-58,81-84H,15-18,21-42H2,1-14H3,(H,73,85)(H,74,86)/t49?,50?,51?,52?,53?,54?,55-,56-,57+,58+,65-,66-,67+,68+,69+,70+,71+,72+/m0/s1. The fourth-order valence-corrected chi connectivity index (χ4v) is 24.1. The van der Waals surface area contributed by atoms with Gasteiger partial charge in [-0.2, -0.15) is 0 Å². The summed E-state index contributed by atoms with van der Waals surface area (Å²) in [5.41, 5.74) is 2.09. The number of hydrogen-bond acceptors (Lipinski definition) is 10. The number of rotatable bonds is 13. The molecule has 2 heterocycles. The molecule has 2 aromatic heterocycles. The zero-order chi connectivity index (χ0) is 61.8. The predicted octanol–water partition coefficient (Wildman–Crippen LogP) is 12.6. The van der Waals surface area contributed by atoms with Crippen LogP contribution in [-0.2, 0) is 35.8 Å². The lowest BCUT2D eigenvalue weighted by atomic mass is 9.33. The van der Waals surface area contributed by atoms with Gasteiger partial charge in [0.05, 0.1) is 60.7 Å². The Morgan fingerprint density at radius 3 is 1.24 bits per heavy atom. The summed E-state index contributed by atoms with van der Waals surface area (Å²) in [5, 5.41) is 72.4. The quantitative estimate of drug-likeness (QED) is 0.0828. The maximum atomic E-state index is 14.9. The molecule has 10 aliphatic carbocycles. The summed E-state index contributed by atoms with van der Waals surface area (Å²) in [6.45, 7) is 35.5. The van der Waals surface area contributed by atoms with Crippen LogP contribution in [0.25, 0.3) is 0 Å². The molecule has 10 aliphatic rings. The van der Waals surface area contributed by atoms with Crippen LogP contribution in [0.3, 0.4) is 0 Å². The molecule has 2 amide bonds. The lowest BCUT2D eigenvalue weighted by Crippen LogP contribution is -2.68. The van der Waals surface area contributed by atoms with E-state index in [4.69, 9.17) is 0 Å². The third-order valence-electron chi connectivity index (χ3n) is 29.7. The summed E-state index contributed by atoms with van der Waals surface area (Å²) in [6, 6.07) is 0. The number of hydrogen-bond donors (Lipinski definition) is 6. The zero-order valence-electron chi connectivity index (χ0n) is 55.8. The van der Waals surface area contributed by atoms with Crippen molar-refractivity contribution in [1.82, 2.24) is 40.6 Å². The van der Waals surface area contributed by atoms with Gasteiger partial charge >= 0.3 is 0 Å². The molecule has 8 fully saturated rings. The minimum atomic E-state index is -0.892. The summed E-state index contributed by atoms with van der Waals surface area (Å²) in [7, 11) is 0. The Bertz CT molecular complexity index is 2800. The van der Waals surface area contributed by atoms with E-state index < -0.39 is 23.0 Å². The molecule has 12 rings (SSSR count). The average molecular weight is 1190 g/mol. The third kappa shape index (κ3) is 9.18. The summed E-state index contributed by atoms with van der Waals surface area (Å²) < 4.78 is 3.77. The molecular weight excluding hydrogens is 1070 g/mol. The van der Waals surface area contributed by atoms with Crippen LogP contribution in [0.5, 0.6) is 0 Å². The normalized spacial score (nSPS) is 44.9. The minimum absolute atomic E-state index is 0.0197. The number of carbonyl (C=O) groups excluding carboxylic acids is 2. The largest absolute Gasteiger partial charge is 0.393 e. The van der Waals surface area contributed by atoms with Gasteiger partial charge in [-0.3, -0.25) is 19.0 Å². The number of aromatic nitrogens is 6. The van der Waals surface area contributed by atoms with E-state index in [9.17, 15) is 30.0 Å². The number of unbranched alkanes of at least 4 members (excludes halogenated alkanes) is 3. The van der Waals surface area contributed by atoms with Gasteiger partial charge in [0, 0.05) is 13.1 Å². The van der Waals surface area contributed by atoms with Gasteiger partial charge in [-0.05, 0) is 218 Å². The Balaban J connectivity index is 0.628. The molecule has 0 radical (unpaired) electrons. The van der Waals surface area contributed by atoms with E-state index in [1.54, 1.807) is 0 Å². The molecule has 18 atom stereocenters. The fourth-order valence-electron chi connectivity index (χ4n) is 24.1. The van der Waals surface area contributed by atoms with E-state index in [1.807, 2.05) is 21.8 Å². The molecule has 2 aromatic rings. The Labute approximate surface area is 516 Å². The maximum Gasteiger partial charge on any atom is 0.229 e. The van der Waals surface area contributed by atoms with Gasteiger partial charge < -0.3 is 31.1 Å². The smallest absolute Gasteiger partial charge is 0.229 e. The van der Waals surface area contributed by atoms with Gasteiger partial charge in [-0.25, -0.2) is 0 Å². The predicted molar refractivity (Wildman–Crippen MR) is 335 cm³/mol. The zero-order valence-corrected chi connectivity index (χ0v) is 55.8. The van der Waals surface area contributed by atoms with Crippen molar-refractivity contribution in [2.24, 2.45) is 100 Å². The van der Waals surface area contributed by atoms with E-state index in [1.165, 1.54) is 11.1 Å². The van der Waals surface area contributed by atoms with Crippen LogP contribution in [0, 0.1) is 100 Å². The second kappa shape index (κ2) is 21.0. The molecule has 14 nitrogen and oxygen atoms in total. The van der Waals surface area contributed by atoms with Gasteiger partial charge in [0.25, 0.3) is 0 Å². The number of aryl methyl sites for hydroxylation is 2. The van der Waals surface area contributed by atoms with Crippen molar-refractivity contribution in [1.29, 1.82) is 0 Å². The summed E-state index contributed by atoms with van der Waals surface area (Å²) >= 11 is 0. The highest BCUT2D eigenvalue weighted by Gasteiger charge is 2.73. The van der Waals surface area contributed by atoms with Crippen LogP contribution in [0.4, 0.5) is 0 Å². The van der Waals surface area contributed by atoms with Crippen LogP contribution in [-0.4, -0.2) is 86.6 Å². The van der Waals surface area contributed by atoms with E-state index in [-0.39, 0.29) is 103 Å². The number of allylic oxidation sites excluding steroid dienone is 4. The van der Waals surface area contributed by atoms with E-state index in [0.717, 1.165) is 140 Å². The van der Waals surface area contributed by atoms with Gasteiger partial charge in [-0.1, -0.05) is 143 Å². The van der Waals surface area contributed by atoms with Crippen molar-refractivity contribution in [3.63, 3.8) is 0 Å². The second-order valence-corrected chi connectivity index (χ2v) is 35.4. The van der Waals surface area contributed by atoms with Crippen molar-refractivity contribution < 1.29 is 30.0 Å². The monoisotopic (exact) mass is 1190 g/mol. The first kappa shape index (κ1) is 62.7. The molecule has 478 valence electrons. The Hall–Kier alpha value is -3.46. The highest BCUT2D eigenvalue weighted by Crippen LogP contribution is 2.78. The minimum Gasteiger partial charge on any atom is -0.393 e. The van der Waals surface area contributed by atoms with Crippen molar-refractivity contribution >= 4 is 11.8 Å². The van der Waals surface area contributed by atoms with Gasteiger partial charge in [-0.15, -0.1) is 10.2 Å². The van der Waals surface area contributed by atoms with Crippen molar-refractivity contribution in [3.8, 4) is 0 Å². The van der Waals surface area contributed by atoms with Gasteiger partial charge in [0.2, 0.25) is 11.8 Å². The molecule has 0 saturated heterocycles.